The van der Waals surface area contributed by atoms with Crippen LogP contribution >= 0.6 is 0 Å². The van der Waals surface area contributed by atoms with Gasteiger partial charge in [-0.3, -0.25) is 0 Å². The van der Waals surface area contributed by atoms with E-state index < -0.39 is 0 Å². The van der Waals surface area contributed by atoms with E-state index >= 15 is 0 Å². The quantitative estimate of drug-likeness (QED) is 0.456. The summed E-state index contributed by atoms with van der Waals surface area (Å²) in [4.78, 5) is 4.21. The first kappa shape index (κ1) is 8.17. The Hall–Kier alpha value is -1.45. The SMILES string of the molecule is [B]c1cc2ncn(C)c2c(C)c1N. The molecule has 3 nitrogen and oxygen atoms in total. The topological polar surface area (TPSA) is 43.8 Å². The first-order chi connectivity index (χ1) is 6.11. The Bertz CT molecular complexity index is 473. The van der Waals surface area contributed by atoms with Crippen LogP contribution in [0, 0.1) is 6.92 Å². The molecule has 0 saturated carbocycles. The molecule has 0 aliphatic carbocycles. The fourth-order valence-electron chi connectivity index (χ4n) is 1.58. The van der Waals surface area contributed by atoms with Crippen LogP contribution in [0.5, 0.6) is 0 Å². The smallest absolute Gasteiger partial charge is 0.116 e. The van der Waals surface area contributed by atoms with E-state index in [1.807, 2.05) is 18.5 Å². The van der Waals surface area contributed by atoms with Crippen LogP contribution in [-0.2, 0) is 7.05 Å². The largest absolute Gasteiger partial charge is 0.399 e. The zero-order valence-electron chi connectivity index (χ0n) is 7.70. The first-order valence-electron chi connectivity index (χ1n) is 4.07. The molecular weight excluding hydrogens is 161 g/mol. The average molecular weight is 171 g/mol. The molecule has 0 aliphatic heterocycles. The van der Waals surface area contributed by atoms with Crippen molar-refractivity contribution in [1.82, 2.24) is 9.55 Å². The molecule has 0 unspecified atom stereocenters. The summed E-state index contributed by atoms with van der Waals surface area (Å²) >= 11 is 0. The van der Waals surface area contributed by atoms with E-state index in [2.05, 4.69) is 4.98 Å². The molecule has 1 aromatic carbocycles. The molecule has 0 spiro atoms. The number of hydrogen-bond donors (Lipinski definition) is 1. The molecule has 13 heavy (non-hydrogen) atoms. The number of nitrogen functional groups attached to an aromatic ring is 1. The van der Waals surface area contributed by atoms with Gasteiger partial charge < -0.3 is 10.3 Å². The minimum absolute atomic E-state index is 0.601. The van der Waals surface area contributed by atoms with Crippen LogP contribution in [0.3, 0.4) is 0 Å². The number of benzene rings is 1. The molecule has 0 bridgehead atoms. The van der Waals surface area contributed by atoms with Gasteiger partial charge in [-0.25, -0.2) is 4.98 Å². The molecule has 2 radical (unpaired) electrons. The second-order valence-electron chi connectivity index (χ2n) is 3.23. The molecular formula is C9H10BN3. The Morgan fingerprint density at radius 1 is 1.54 bits per heavy atom. The summed E-state index contributed by atoms with van der Waals surface area (Å²) in [6.45, 7) is 1.95. The number of fused-ring (bicyclic) bond motifs is 1. The first-order valence-corrected chi connectivity index (χ1v) is 4.07. The van der Waals surface area contributed by atoms with Crippen LogP contribution in [0.15, 0.2) is 12.4 Å². The van der Waals surface area contributed by atoms with Gasteiger partial charge in [0.25, 0.3) is 0 Å². The predicted molar refractivity (Wildman–Crippen MR) is 55.3 cm³/mol. The monoisotopic (exact) mass is 171 g/mol. The van der Waals surface area contributed by atoms with Gasteiger partial charge in [-0.05, 0) is 18.6 Å². The molecule has 0 saturated heterocycles. The molecule has 2 aromatic rings. The highest BCUT2D eigenvalue weighted by Gasteiger charge is 2.07. The lowest BCUT2D eigenvalue weighted by Crippen LogP contribution is -2.12. The molecule has 0 amide bonds. The number of aryl methyl sites for hydroxylation is 2. The summed E-state index contributed by atoms with van der Waals surface area (Å²) in [5.74, 6) is 0. The maximum absolute atomic E-state index is 5.81. The number of rotatable bonds is 0. The maximum atomic E-state index is 5.81. The predicted octanol–water partition coefficient (Wildman–Crippen LogP) is 0.258. The molecule has 0 fully saturated rings. The van der Waals surface area contributed by atoms with Gasteiger partial charge >= 0.3 is 0 Å². The Morgan fingerprint density at radius 3 is 2.92 bits per heavy atom. The molecule has 0 aliphatic rings. The normalized spacial score (nSPS) is 10.9. The standard InChI is InChI=1S/C9H10BN3/c1-5-8(11)6(10)3-7-9(5)13(2)4-12-7/h3-4H,11H2,1-2H3. The van der Waals surface area contributed by atoms with E-state index in [9.17, 15) is 0 Å². The second kappa shape index (κ2) is 2.52. The summed E-state index contributed by atoms with van der Waals surface area (Å²) < 4.78 is 1.94. The summed E-state index contributed by atoms with van der Waals surface area (Å²) in [6.07, 6.45) is 1.76. The average Bonchev–Trinajstić information content (AvgIpc) is 2.43. The number of imidazole rings is 1. The molecule has 4 heteroatoms. The summed E-state index contributed by atoms with van der Waals surface area (Å²) in [6, 6.07) is 1.80. The summed E-state index contributed by atoms with van der Waals surface area (Å²) in [5, 5.41) is 0. The third-order valence-corrected chi connectivity index (χ3v) is 2.33. The van der Waals surface area contributed by atoms with E-state index in [4.69, 9.17) is 13.6 Å². The van der Waals surface area contributed by atoms with Gasteiger partial charge in [-0.1, -0.05) is 5.46 Å². The minimum Gasteiger partial charge on any atom is -0.399 e. The molecule has 1 heterocycles. The molecule has 64 valence electrons. The van der Waals surface area contributed by atoms with E-state index in [-0.39, 0.29) is 0 Å². The van der Waals surface area contributed by atoms with Crippen molar-refractivity contribution >= 4 is 30.0 Å². The molecule has 1 aromatic heterocycles. The van der Waals surface area contributed by atoms with Crippen molar-refractivity contribution in [2.24, 2.45) is 7.05 Å². The van der Waals surface area contributed by atoms with E-state index in [0.717, 1.165) is 16.6 Å². The van der Waals surface area contributed by atoms with Crippen molar-refractivity contribution in [1.29, 1.82) is 0 Å². The lowest BCUT2D eigenvalue weighted by atomic mass is 9.91. The number of hydrogen-bond acceptors (Lipinski definition) is 2. The number of nitrogens with zero attached hydrogens (tertiary/aromatic N) is 2. The zero-order chi connectivity index (χ0) is 9.59. The van der Waals surface area contributed by atoms with Crippen LogP contribution in [-0.4, -0.2) is 17.4 Å². The van der Waals surface area contributed by atoms with Crippen molar-refractivity contribution in [3.8, 4) is 0 Å². The van der Waals surface area contributed by atoms with Gasteiger partial charge in [0.1, 0.15) is 7.85 Å². The third-order valence-electron chi connectivity index (χ3n) is 2.33. The highest BCUT2D eigenvalue weighted by molar-refractivity contribution is 6.37. The van der Waals surface area contributed by atoms with Gasteiger partial charge in [-0.2, -0.15) is 0 Å². The highest BCUT2D eigenvalue weighted by atomic mass is 15.0. The third kappa shape index (κ3) is 1.02. The van der Waals surface area contributed by atoms with Crippen molar-refractivity contribution in [3.05, 3.63) is 18.0 Å². The Labute approximate surface area is 78.0 Å². The van der Waals surface area contributed by atoms with Crippen molar-refractivity contribution in [3.63, 3.8) is 0 Å². The zero-order valence-corrected chi connectivity index (χ0v) is 7.70. The van der Waals surface area contributed by atoms with Crippen molar-refractivity contribution in [2.75, 3.05) is 5.73 Å². The van der Waals surface area contributed by atoms with Crippen LogP contribution < -0.4 is 11.2 Å². The van der Waals surface area contributed by atoms with Gasteiger partial charge in [0.05, 0.1) is 17.4 Å². The van der Waals surface area contributed by atoms with E-state index in [1.54, 1.807) is 12.4 Å². The highest BCUT2D eigenvalue weighted by Crippen LogP contribution is 2.19. The Balaban J connectivity index is 2.97. The fraction of sp³-hybridized carbons (Fsp3) is 0.222. The van der Waals surface area contributed by atoms with Gasteiger partial charge in [0.15, 0.2) is 0 Å². The van der Waals surface area contributed by atoms with E-state index in [0.29, 0.717) is 11.2 Å². The van der Waals surface area contributed by atoms with Crippen molar-refractivity contribution in [2.45, 2.75) is 6.92 Å². The molecule has 0 atom stereocenters. The minimum atomic E-state index is 0.601. The fourth-order valence-corrected chi connectivity index (χ4v) is 1.58. The van der Waals surface area contributed by atoms with Crippen LogP contribution in [0.2, 0.25) is 0 Å². The number of nitrogens with two attached hydrogens (primary N) is 1. The Kier molecular flexibility index (Phi) is 1.58. The lowest BCUT2D eigenvalue weighted by Gasteiger charge is -2.06. The Morgan fingerprint density at radius 2 is 2.23 bits per heavy atom. The van der Waals surface area contributed by atoms with Gasteiger partial charge in [-0.15, -0.1) is 0 Å². The number of anilines is 1. The molecule has 2 N–H and O–H groups in total. The van der Waals surface area contributed by atoms with Crippen LogP contribution in [0.1, 0.15) is 5.56 Å². The van der Waals surface area contributed by atoms with Gasteiger partial charge in [0, 0.05) is 12.7 Å². The summed E-state index contributed by atoms with van der Waals surface area (Å²) in [5.41, 5.74) is 10.00. The molecule has 2 rings (SSSR count). The van der Waals surface area contributed by atoms with Gasteiger partial charge in [0.2, 0.25) is 0 Å². The summed E-state index contributed by atoms with van der Waals surface area (Å²) in [7, 11) is 7.66. The number of aromatic nitrogens is 2. The van der Waals surface area contributed by atoms with Crippen LogP contribution in [0.4, 0.5) is 5.69 Å². The van der Waals surface area contributed by atoms with E-state index in [1.165, 1.54) is 0 Å². The lowest BCUT2D eigenvalue weighted by molar-refractivity contribution is 0.944. The van der Waals surface area contributed by atoms with Crippen molar-refractivity contribution < 1.29 is 0 Å². The van der Waals surface area contributed by atoms with Crippen LogP contribution in [0.25, 0.3) is 11.0 Å². The maximum Gasteiger partial charge on any atom is 0.116 e. The second-order valence-corrected chi connectivity index (χ2v) is 3.23.